The SMILES string of the molecule is CC/C=C\C/C=C\C/C=C\C/C=C\C/C=C\CCCCCCCCCCCC(=O)OC(COC(=O)CCCCCCCCCCCCC)COP(=O)([O-])OCC[N+](C)(C)C. The zero-order chi connectivity index (χ0) is 44.3. The van der Waals surface area contributed by atoms with Crippen molar-refractivity contribution in [3.63, 3.8) is 0 Å². The van der Waals surface area contributed by atoms with Gasteiger partial charge in [0.2, 0.25) is 0 Å². The van der Waals surface area contributed by atoms with Gasteiger partial charge in [0, 0.05) is 12.8 Å². The van der Waals surface area contributed by atoms with Crippen LogP contribution in [-0.2, 0) is 32.7 Å². The molecule has 0 heterocycles. The number of allylic oxidation sites excluding steroid dienone is 10. The molecule has 0 aliphatic carbocycles. The summed E-state index contributed by atoms with van der Waals surface area (Å²) in [6.07, 6.45) is 51.1. The number of rotatable bonds is 43. The number of phosphoric ester groups is 1. The van der Waals surface area contributed by atoms with E-state index in [4.69, 9.17) is 18.5 Å². The number of esters is 2. The van der Waals surface area contributed by atoms with Crippen LogP contribution in [0, 0.1) is 0 Å². The molecule has 0 saturated heterocycles. The summed E-state index contributed by atoms with van der Waals surface area (Å²) in [6, 6.07) is 0. The van der Waals surface area contributed by atoms with E-state index in [2.05, 4.69) is 74.6 Å². The minimum absolute atomic E-state index is 0.0333. The minimum atomic E-state index is -4.63. The quantitative estimate of drug-likeness (QED) is 0.0196. The van der Waals surface area contributed by atoms with Gasteiger partial charge < -0.3 is 27.9 Å². The van der Waals surface area contributed by atoms with E-state index in [-0.39, 0.29) is 32.0 Å². The smallest absolute Gasteiger partial charge is 0.306 e. The lowest BCUT2D eigenvalue weighted by Crippen LogP contribution is -2.37. The third kappa shape index (κ3) is 45.2. The second-order valence-corrected chi connectivity index (χ2v) is 18.5. The van der Waals surface area contributed by atoms with E-state index >= 15 is 0 Å². The van der Waals surface area contributed by atoms with Crippen molar-refractivity contribution in [2.75, 3.05) is 47.5 Å². The highest BCUT2D eigenvalue weighted by Gasteiger charge is 2.21. The fourth-order valence-corrected chi connectivity index (χ4v) is 7.06. The Hall–Kier alpha value is -2.29. The predicted molar refractivity (Wildman–Crippen MR) is 250 cm³/mol. The maximum Gasteiger partial charge on any atom is 0.306 e. The van der Waals surface area contributed by atoms with Crippen LogP contribution in [0.1, 0.15) is 194 Å². The normalized spacial score (nSPS) is 14.0. The average molecular weight is 864 g/mol. The summed E-state index contributed by atoms with van der Waals surface area (Å²) < 4.78 is 33.9. The maximum absolute atomic E-state index is 12.7. The first-order valence-electron chi connectivity index (χ1n) is 24.0. The number of ether oxygens (including phenoxy) is 2. The summed E-state index contributed by atoms with van der Waals surface area (Å²) in [6.45, 7) is 4.10. The molecule has 0 aromatic carbocycles. The number of phosphoric acid groups is 1. The molecular formula is C50H90NO8P. The van der Waals surface area contributed by atoms with Crippen LogP contribution >= 0.6 is 7.82 Å². The predicted octanol–water partition coefficient (Wildman–Crippen LogP) is 13.4. The monoisotopic (exact) mass is 864 g/mol. The lowest BCUT2D eigenvalue weighted by molar-refractivity contribution is -0.870. The molecule has 0 aliphatic rings. The van der Waals surface area contributed by atoms with Crippen LogP contribution in [0.25, 0.3) is 0 Å². The van der Waals surface area contributed by atoms with Crippen LogP contribution in [0.15, 0.2) is 60.8 Å². The van der Waals surface area contributed by atoms with Crippen molar-refractivity contribution in [1.82, 2.24) is 0 Å². The Balaban J connectivity index is 4.23. The fourth-order valence-electron chi connectivity index (χ4n) is 6.33. The number of quaternary nitrogens is 1. The molecule has 0 amide bonds. The van der Waals surface area contributed by atoms with Gasteiger partial charge in [-0.3, -0.25) is 14.2 Å². The number of likely N-dealkylation sites (N-methyl/N-ethyl adjacent to an activating group) is 1. The summed E-state index contributed by atoms with van der Waals surface area (Å²) in [5.74, 6) is -0.842. The summed E-state index contributed by atoms with van der Waals surface area (Å²) in [5, 5.41) is 0. The summed E-state index contributed by atoms with van der Waals surface area (Å²) in [5.41, 5.74) is 0. The van der Waals surface area contributed by atoms with E-state index in [9.17, 15) is 19.0 Å². The van der Waals surface area contributed by atoms with Crippen molar-refractivity contribution < 1.29 is 42.1 Å². The lowest BCUT2D eigenvalue weighted by Gasteiger charge is -2.28. The molecule has 60 heavy (non-hydrogen) atoms. The van der Waals surface area contributed by atoms with Gasteiger partial charge in [-0.1, -0.05) is 184 Å². The van der Waals surface area contributed by atoms with Gasteiger partial charge in [0.05, 0.1) is 27.7 Å². The molecule has 348 valence electrons. The van der Waals surface area contributed by atoms with Gasteiger partial charge >= 0.3 is 11.9 Å². The Bertz CT molecular complexity index is 1210. The van der Waals surface area contributed by atoms with Crippen molar-refractivity contribution in [3.8, 4) is 0 Å². The second-order valence-electron chi connectivity index (χ2n) is 17.1. The molecule has 0 radical (unpaired) electrons. The molecule has 0 spiro atoms. The van der Waals surface area contributed by atoms with Gasteiger partial charge in [0.25, 0.3) is 7.82 Å². The van der Waals surface area contributed by atoms with Crippen molar-refractivity contribution in [3.05, 3.63) is 60.8 Å². The highest BCUT2D eigenvalue weighted by Crippen LogP contribution is 2.38. The Labute approximate surface area is 368 Å². The van der Waals surface area contributed by atoms with Gasteiger partial charge in [0.15, 0.2) is 6.10 Å². The van der Waals surface area contributed by atoms with Crippen molar-refractivity contribution in [1.29, 1.82) is 0 Å². The molecule has 0 aliphatic heterocycles. The largest absolute Gasteiger partial charge is 0.756 e. The number of hydrogen-bond acceptors (Lipinski definition) is 8. The van der Waals surface area contributed by atoms with Crippen LogP contribution in [0.2, 0.25) is 0 Å². The summed E-state index contributed by atoms with van der Waals surface area (Å²) in [4.78, 5) is 37.6. The zero-order valence-electron chi connectivity index (χ0n) is 39.1. The molecule has 0 saturated carbocycles. The van der Waals surface area contributed by atoms with Crippen LogP contribution in [-0.4, -0.2) is 70.0 Å². The average Bonchev–Trinajstić information content (AvgIpc) is 3.20. The molecule has 0 aromatic heterocycles. The van der Waals surface area contributed by atoms with E-state index in [0.29, 0.717) is 17.4 Å². The molecule has 0 rings (SSSR count). The Kier molecular flexibility index (Phi) is 40.4. The molecule has 0 bridgehead atoms. The van der Waals surface area contributed by atoms with Crippen LogP contribution in [0.5, 0.6) is 0 Å². The van der Waals surface area contributed by atoms with E-state index in [1.54, 1.807) is 0 Å². The zero-order valence-corrected chi connectivity index (χ0v) is 40.0. The Morgan fingerprint density at radius 2 is 0.950 bits per heavy atom. The van der Waals surface area contributed by atoms with Crippen LogP contribution in [0.3, 0.4) is 0 Å². The van der Waals surface area contributed by atoms with E-state index in [0.717, 1.165) is 77.0 Å². The first-order valence-corrected chi connectivity index (χ1v) is 25.5. The van der Waals surface area contributed by atoms with Crippen LogP contribution in [0.4, 0.5) is 0 Å². The van der Waals surface area contributed by atoms with Gasteiger partial charge in [0.1, 0.15) is 19.8 Å². The topological polar surface area (TPSA) is 111 Å². The van der Waals surface area contributed by atoms with E-state index in [1.165, 1.54) is 83.5 Å². The first-order chi connectivity index (χ1) is 29.0. The number of nitrogens with zero attached hydrogens (tertiary/aromatic N) is 1. The van der Waals surface area contributed by atoms with Crippen molar-refractivity contribution in [2.24, 2.45) is 0 Å². The third-order valence-electron chi connectivity index (χ3n) is 10.1. The van der Waals surface area contributed by atoms with Gasteiger partial charge in [-0.25, -0.2) is 0 Å². The molecule has 2 atom stereocenters. The standard InChI is InChI=1S/C50H90NO8P/c1-6-8-10-12-14-16-18-19-20-21-22-23-24-25-26-27-28-29-30-31-33-35-37-39-41-43-50(53)59-48(47-58-60(54,55)57-45-44-51(3,4)5)46-56-49(52)42-40-38-36-34-32-17-15-13-11-9-7-2/h8,10,14,16,19-20,22-23,25-26,48H,6-7,9,11-13,15,17-18,21,24,27-47H2,1-5H3/b10-8-,16-14-,20-19-,23-22-,26-25-. The molecule has 0 fully saturated rings. The summed E-state index contributed by atoms with van der Waals surface area (Å²) in [7, 11) is 1.16. The molecule has 0 N–H and O–H groups in total. The number of unbranched alkanes of at least 4 members (excludes halogenated alkanes) is 19. The van der Waals surface area contributed by atoms with Crippen molar-refractivity contribution >= 4 is 19.8 Å². The Morgan fingerprint density at radius 3 is 1.42 bits per heavy atom. The number of carbonyl (C=O) groups is 2. The lowest BCUT2D eigenvalue weighted by atomic mass is 10.1. The molecule has 0 aromatic rings. The van der Waals surface area contributed by atoms with Crippen LogP contribution < -0.4 is 4.89 Å². The van der Waals surface area contributed by atoms with Gasteiger partial charge in [-0.15, -0.1) is 0 Å². The van der Waals surface area contributed by atoms with E-state index in [1.807, 2.05) is 21.1 Å². The molecular weight excluding hydrogens is 774 g/mol. The van der Waals surface area contributed by atoms with E-state index < -0.39 is 26.5 Å². The number of hydrogen-bond donors (Lipinski definition) is 0. The first kappa shape index (κ1) is 57.7. The molecule has 10 heteroatoms. The number of carbonyl (C=O) groups excluding carboxylic acids is 2. The fraction of sp³-hybridized carbons (Fsp3) is 0.760. The van der Waals surface area contributed by atoms with Crippen molar-refractivity contribution in [2.45, 2.75) is 200 Å². The minimum Gasteiger partial charge on any atom is -0.756 e. The van der Waals surface area contributed by atoms with Gasteiger partial charge in [-0.2, -0.15) is 0 Å². The maximum atomic E-state index is 12.7. The Morgan fingerprint density at radius 1 is 0.533 bits per heavy atom. The molecule has 9 nitrogen and oxygen atoms in total. The third-order valence-corrected chi connectivity index (χ3v) is 11.0. The highest BCUT2D eigenvalue weighted by atomic mass is 31.2. The highest BCUT2D eigenvalue weighted by molar-refractivity contribution is 7.45. The van der Waals surface area contributed by atoms with Gasteiger partial charge in [-0.05, 0) is 57.8 Å². The second kappa shape index (κ2) is 42.0. The molecule has 2 unspecified atom stereocenters. The summed E-state index contributed by atoms with van der Waals surface area (Å²) >= 11 is 0.